The second-order valence-corrected chi connectivity index (χ2v) is 20.3. The molecular weight excluding hydrogens is 390 g/mol. The second kappa shape index (κ2) is 6.82. The van der Waals surface area contributed by atoms with E-state index >= 15 is 0 Å². The van der Waals surface area contributed by atoms with Gasteiger partial charge in [-0.2, -0.15) is 26.3 Å². The van der Waals surface area contributed by atoms with Crippen molar-refractivity contribution in [3.63, 3.8) is 0 Å². The van der Waals surface area contributed by atoms with E-state index in [1.54, 1.807) is 0 Å². The molecule has 0 bridgehead atoms. The Hall–Kier alpha value is -0.829. The van der Waals surface area contributed by atoms with Gasteiger partial charge in [0.05, 0.1) is 0 Å². The highest BCUT2D eigenvalue weighted by atomic mass is 28.4. The van der Waals surface area contributed by atoms with Crippen LogP contribution in [0.4, 0.5) is 26.3 Å². The molecule has 0 aliphatic heterocycles. The zero-order chi connectivity index (χ0) is 19.9. The van der Waals surface area contributed by atoms with E-state index in [0.717, 1.165) is 0 Å². The second-order valence-electron chi connectivity index (χ2n) is 7.32. The van der Waals surface area contributed by atoms with E-state index < -0.39 is 49.8 Å². The summed E-state index contributed by atoms with van der Waals surface area (Å²) in [6, 6.07) is 0. The van der Waals surface area contributed by atoms with Gasteiger partial charge in [0.2, 0.25) is 9.12 Å². The Balaban J connectivity index is 6.19. The molecule has 0 rings (SSSR count). The molecule has 13 heteroatoms. The predicted octanol–water partition coefficient (Wildman–Crippen LogP) is 3.29. The van der Waals surface area contributed by atoms with Crippen LogP contribution in [0.25, 0.3) is 0 Å². The molecule has 2 amide bonds. The molecule has 4 nitrogen and oxygen atoms in total. The molecule has 0 unspecified atom stereocenters. The van der Waals surface area contributed by atoms with Crippen molar-refractivity contribution in [2.75, 3.05) is 0 Å². The zero-order valence-electron chi connectivity index (χ0n) is 14.6. The Kier molecular flexibility index (Phi) is 6.58. The predicted molar refractivity (Wildman–Crippen MR) is 85.5 cm³/mol. The van der Waals surface area contributed by atoms with Crippen LogP contribution in [0.5, 0.6) is 0 Å². The summed E-state index contributed by atoms with van der Waals surface area (Å²) >= 11 is 0. The first-order valence-electron chi connectivity index (χ1n) is 7.03. The van der Waals surface area contributed by atoms with Gasteiger partial charge in [-0.1, -0.05) is 39.3 Å². The van der Waals surface area contributed by atoms with Gasteiger partial charge in [0.25, 0.3) is 0 Å². The molecule has 0 spiro atoms. The van der Waals surface area contributed by atoms with Crippen molar-refractivity contribution in [1.82, 2.24) is 8.46 Å². The first kappa shape index (κ1) is 23.2. The summed E-state index contributed by atoms with van der Waals surface area (Å²) < 4.78 is 78.6. The largest absolute Gasteiger partial charge is 0.469 e. The third-order valence-electron chi connectivity index (χ3n) is 3.12. The Labute approximate surface area is 140 Å². The number of alkyl halides is 6. The highest BCUT2D eigenvalue weighted by Crippen LogP contribution is 2.29. The molecule has 0 heterocycles. The van der Waals surface area contributed by atoms with Gasteiger partial charge in [0.15, 0.2) is 0 Å². The molecule has 0 N–H and O–H groups in total. The average molecular weight is 413 g/mol. The van der Waals surface area contributed by atoms with E-state index in [-0.39, 0.29) is 0 Å². The number of hydrogen-bond donors (Lipinski definition) is 0. The summed E-state index contributed by atoms with van der Waals surface area (Å²) in [6.45, 7) is 9.76. The topological polar surface area (TPSA) is 40.6 Å². The average Bonchev–Trinajstić information content (AvgIpc) is 2.22. The summed E-state index contributed by atoms with van der Waals surface area (Å²) in [6.07, 6.45) is -10.4. The van der Waals surface area contributed by atoms with Gasteiger partial charge in [-0.05, 0) is 6.55 Å². The Bertz CT molecular complexity index is 452. The van der Waals surface area contributed by atoms with Gasteiger partial charge < -0.3 is 8.46 Å². The van der Waals surface area contributed by atoms with Crippen molar-refractivity contribution in [2.24, 2.45) is 0 Å². The number of rotatable bonds is 4. The Morgan fingerprint density at radius 2 is 0.917 bits per heavy atom. The minimum Gasteiger partial charge on any atom is -0.374 e. The molecule has 0 saturated carbocycles. The highest BCUT2D eigenvalue weighted by molar-refractivity contribution is 6.92. The van der Waals surface area contributed by atoms with Crippen molar-refractivity contribution in [3.8, 4) is 0 Å². The van der Waals surface area contributed by atoms with Gasteiger partial charge in [-0.25, -0.2) is 0 Å². The number of hydrogen-bond acceptors (Lipinski definition) is 2. The molecule has 0 aromatic carbocycles. The molecule has 142 valence electrons. The molecule has 0 aliphatic carbocycles. The van der Waals surface area contributed by atoms with E-state index in [2.05, 4.69) is 0 Å². The lowest BCUT2D eigenvalue weighted by molar-refractivity contribution is -0.180. The summed E-state index contributed by atoms with van der Waals surface area (Å²) in [5.41, 5.74) is 0. The number of amides is 2. The summed E-state index contributed by atoms with van der Waals surface area (Å²) in [4.78, 5) is 23.6. The minimum atomic E-state index is -5.20. The summed E-state index contributed by atoms with van der Waals surface area (Å²) in [5, 5.41) is 0. The van der Waals surface area contributed by atoms with Crippen LogP contribution in [0.1, 0.15) is 0 Å². The van der Waals surface area contributed by atoms with Crippen LogP contribution in [0, 0.1) is 0 Å². The molecule has 0 aromatic heterocycles. The maximum atomic E-state index is 12.9. The maximum absolute atomic E-state index is 12.9. The molecule has 0 radical (unpaired) electrons. The summed E-state index contributed by atoms with van der Waals surface area (Å²) in [7, 11) is -9.31. The first-order valence-corrected chi connectivity index (χ1v) is 16.1. The van der Waals surface area contributed by atoms with Gasteiger partial charge in [-0.15, -0.1) is 0 Å². The maximum Gasteiger partial charge on any atom is 0.469 e. The lowest BCUT2D eigenvalue weighted by Crippen LogP contribution is -2.71. The van der Waals surface area contributed by atoms with Crippen LogP contribution in [0.3, 0.4) is 0 Å². The third kappa shape index (κ3) is 5.61. The smallest absolute Gasteiger partial charge is 0.374 e. The molecular formula is C11H22F6N2O2Si3. The van der Waals surface area contributed by atoms with E-state index in [1.807, 2.05) is 0 Å². The molecule has 0 aromatic rings. The van der Waals surface area contributed by atoms with E-state index in [0.29, 0.717) is 8.46 Å². The van der Waals surface area contributed by atoms with Gasteiger partial charge in [0.1, 0.15) is 16.5 Å². The van der Waals surface area contributed by atoms with Crippen LogP contribution < -0.4 is 0 Å². The number of halogens is 6. The standard InChI is InChI=1S/C11H22F6N2O2Si3/c1-22(18(23(2,3)4)8(20)10(12,13)14)19(24(5,6)7)9(21)11(15,16)17/h22H,1-7H3. The highest BCUT2D eigenvalue weighted by Gasteiger charge is 2.54. The van der Waals surface area contributed by atoms with Gasteiger partial charge in [-0.3, -0.25) is 9.59 Å². The number of carbonyl (C=O) groups excluding carboxylic acids is 2. The zero-order valence-corrected chi connectivity index (χ0v) is 17.7. The number of nitrogens with zero attached hydrogens (tertiary/aromatic N) is 2. The fourth-order valence-corrected chi connectivity index (χ4v) is 15.1. The van der Waals surface area contributed by atoms with Crippen LogP contribution in [0.15, 0.2) is 0 Å². The fraction of sp³-hybridized carbons (Fsp3) is 0.818. The van der Waals surface area contributed by atoms with Crippen LogP contribution >= 0.6 is 0 Å². The van der Waals surface area contributed by atoms with Gasteiger partial charge in [0, 0.05) is 0 Å². The van der Waals surface area contributed by atoms with Crippen molar-refractivity contribution < 1.29 is 35.9 Å². The Morgan fingerprint density at radius 1 is 0.708 bits per heavy atom. The van der Waals surface area contributed by atoms with Crippen molar-refractivity contribution in [2.45, 2.75) is 58.2 Å². The lowest BCUT2D eigenvalue weighted by atomic mass is 10.6. The minimum absolute atomic E-state index is 0.550. The van der Waals surface area contributed by atoms with E-state index in [4.69, 9.17) is 0 Å². The first-order chi connectivity index (χ1) is 10.2. The van der Waals surface area contributed by atoms with Crippen LogP contribution in [-0.4, -0.2) is 58.2 Å². The molecule has 24 heavy (non-hydrogen) atoms. The van der Waals surface area contributed by atoms with Gasteiger partial charge >= 0.3 is 24.2 Å². The van der Waals surface area contributed by atoms with Crippen LogP contribution in [0.2, 0.25) is 45.8 Å². The quantitative estimate of drug-likeness (QED) is 0.525. The van der Waals surface area contributed by atoms with E-state index in [9.17, 15) is 35.9 Å². The Morgan fingerprint density at radius 3 is 1.04 bits per heavy atom. The SMILES string of the molecule is C[SiH](N(C(=O)C(F)(F)F)[Si](C)(C)C)N(C(=O)C(F)(F)F)[Si](C)(C)C. The normalized spacial score (nSPS) is 13.9. The monoisotopic (exact) mass is 412 g/mol. The van der Waals surface area contributed by atoms with Crippen molar-refractivity contribution >= 4 is 37.4 Å². The third-order valence-corrected chi connectivity index (χ3v) is 15.3. The lowest BCUT2D eigenvalue weighted by Gasteiger charge is -2.48. The van der Waals surface area contributed by atoms with E-state index in [1.165, 1.54) is 45.8 Å². The molecule has 0 aliphatic rings. The number of carbonyl (C=O) groups is 2. The van der Waals surface area contributed by atoms with Crippen molar-refractivity contribution in [3.05, 3.63) is 0 Å². The fourth-order valence-electron chi connectivity index (χ4n) is 2.46. The van der Waals surface area contributed by atoms with Crippen molar-refractivity contribution in [1.29, 1.82) is 0 Å². The molecule has 0 atom stereocenters. The summed E-state index contributed by atoms with van der Waals surface area (Å²) in [5.74, 6) is -4.34. The van der Waals surface area contributed by atoms with Crippen LogP contribution in [-0.2, 0) is 9.59 Å². The molecule has 0 saturated heterocycles. The molecule has 0 fully saturated rings.